The van der Waals surface area contributed by atoms with Gasteiger partial charge in [-0.2, -0.15) is 0 Å². The third-order valence-corrected chi connectivity index (χ3v) is 13.2. The number of aromatic hydroxyl groups is 1. The first-order valence-electron chi connectivity index (χ1n) is 22.1. The van der Waals surface area contributed by atoms with Crippen molar-refractivity contribution < 1.29 is 56.5 Å². The monoisotopic (exact) mass is 1130 g/mol. The fraction of sp³-hybridized carbons (Fsp3) is 0.465. The number of aromatic amines is 1. The number of azide groups is 3. The van der Waals surface area contributed by atoms with E-state index in [1.165, 1.54) is 31.3 Å². The number of carbonyl (C=O) groups is 1. The molecule has 4 aromatic rings. The number of hydrogen-bond acceptors (Lipinski definition) is 16. The average molecular weight is 1130 g/mol. The van der Waals surface area contributed by atoms with Crippen molar-refractivity contribution in [2.75, 3.05) is 13.3 Å². The predicted octanol–water partition coefficient (Wildman–Crippen LogP) is 11.0. The Kier molecular flexibility index (Phi) is 22.7. The van der Waals surface area contributed by atoms with Gasteiger partial charge >= 0.3 is 24.6 Å². The Labute approximate surface area is 436 Å². The number of esters is 1. The first-order valence-corrected chi connectivity index (χ1v) is 28.1. The number of benzene rings is 3. The maximum atomic E-state index is 13.9. The smallest absolute Gasteiger partial charge is 0.428 e. The van der Waals surface area contributed by atoms with E-state index in [9.17, 15) is 33.0 Å². The zero-order valence-electron chi connectivity index (χ0n) is 40.0. The topological polar surface area (TPSA) is 360 Å². The summed E-state index contributed by atoms with van der Waals surface area (Å²) in [5, 5.41) is 31.3. The minimum atomic E-state index is -3.76. The molecule has 4 N–H and O–H groups in total. The van der Waals surface area contributed by atoms with Crippen LogP contribution in [0.3, 0.4) is 0 Å². The quantitative estimate of drug-likeness (QED) is 0.0251. The maximum absolute atomic E-state index is 13.9. The van der Waals surface area contributed by atoms with Gasteiger partial charge in [-0.15, -0.1) is 0 Å². The van der Waals surface area contributed by atoms with E-state index in [2.05, 4.69) is 40.1 Å². The highest BCUT2D eigenvalue weighted by molar-refractivity contribution is 8.05. The van der Waals surface area contributed by atoms with Crippen LogP contribution >= 0.6 is 46.7 Å². The number of halogens is 4. The van der Waals surface area contributed by atoms with Gasteiger partial charge in [0.05, 0.1) is 32.3 Å². The summed E-state index contributed by atoms with van der Waals surface area (Å²) >= 11 is 16.3. The fourth-order valence-corrected chi connectivity index (χ4v) is 10.1. The zero-order valence-corrected chi connectivity index (χ0v) is 44.1. The molecule has 31 heteroatoms. The number of H-pyrrole nitrogens is 1. The number of hydrogen-bond donors (Lipinski definition) is 4. The van der Waals surface area contributed by atoms with E-state index >= 15 is 0 Å². The molecule has 2 aliphatic heterocycles. The van der Waals surface area contributed by atoms with E-state index in [1.54, 1.807) is 81.4 Å². The molecule has 1 aliphatic carbocycles. The second-order valence-electron chi connectivity index (χ2n) is 16.8. The van der Waals surface area contributed by atoms with Crippen LogP contribution in [0.4, 0.5) is 4.39 Å². The van der Waals surface area contributed by atoms with Gasteiger partial charge in [-0.05, 0) is 110 Å². The van der Waals surface area contributed by atoms with E-state index in [0.717, 1.165) is 34.1 Å². The number of fused-ring (bicyclic) bond motifs is 1. The van der Waals surface area contributed by atoms with Gasteiger partial charge in [-0.1, -0.05) is 51.7 Å². The third kappa shape index (κ3) is 18.0. The second kappa shape index (κ2) is 27.7. The van der Waals surface area contributed by atoms with Crippen LogP contribution in [0, 0.1) is 0 Å². The van der Waals surface area contributed by atoms with Crippen LogP contribution in [0.2, 0.25) is 0 Å². The average Bonchev–Trinajstić information content (AvgIpc) is 4.00. The number of phenolic OH excluding ortho intramolecular Hbond substituents is 1. The van der Waals surface area contributed by atoms with Gasteiger partial charge in [-0.3, -0.25) is 19.1 Å². The number of aliphatic hydroxyl groups is 1. The third-order valence-electron chi connectivity index (χ3n) is 10.8. The molecule has 74 heavy (non-hydrogen) atoms. The number of nitrogens with zero attached hydrogens (tertiary/aromatic N) is 10. The first kappa shape index (κ1) is 60.8. The van der Waals surface area contributed by atoms with Crippen LogP contribution in [-0.2, 0) is 52.5 Å². The second-order valence-corrected chi connectivity index (χ2v) is 23.7. The molecule has 400 valence electrons. The highest BCUT2D eigenvalue weighted by atomic mass is 35.9. The normalized spacial score (nSPS) is 21.2. The van der Waals surface area contributed by atoms with E-state index in [4.69, 9.17) is 83.4 Å². The van der Waals surface area contributed by atoms with Crippen molar-refractivity contribution in [1.29, 1.82) is 0 Å². The molecule has 7 rings (SSSR count). The Bertz CT molecular complexity index is 2880. The molecule has 25 nitrogen and oxygen atoms in total. The lowest BCUT2D eigenvalue weighted by Gasteiger charge is -2.32. The minimum absolute atomic E-state index is 0.200. The molecule has 1 unspecified atom stereocenters. The molecular weight excluding hydrogens is 1080 g/mol. The van der Waals surface area contributed by atoms with Crippen molar-refractivity contribution in [3.05, 3.63) is 154 Å². The summed E-state index contributed by atoms with van der Waals surface area (Å²) in [5.41, 5.74) is 22.8. The molecule has 1 aromatic heterocycles. The molecule has 2 saturated heterocycles. The van der Waals surface area contributed by atoms with Crippen molar-refractivity contribution in [3.63, 3.8) is 0 Å². The van der Waals surface area contributed by atoms with Gasteiger partial charge in [0.25, 0.3) is 5.56 Å². The van der Waals surface area contributed by atoms with Crippen LogP contribution in [0.25, 0.3) is 31.3 Å². The van der Waals surface area contributed by atoms with Crippen LogP contribution in [0.1, 0.15) is 76.3 Å². The van der Waals surface area contributed by atoms with Crippen molar-refractivity contribution in [1.82, 2.24) is 14.6 Å². The molecule has 0 bridgehead atoms. The number of phenols is 1. The first-order chi connectivity index (χ1) is 34.9. The van der Waals surface area contributed by atoms with E-state index in [1.807, 2.05) is 0 Å². The molecule has 6 atom stereocenters. The summed E-state index contributed by atoms with van der Waals surface area (Å²) in [7, 11) is 0. The molecule has 3 fully saturated rings. The lowest BCUT2D eigenvalue weighted by atomic mass is 9.88. The fourth-order valence-electron chi connectivity index (χ4n) is 7.52. The van der Waals surface area contributed by atoms with Crippen molar-refractivity contribution in [3.8, 4) is 17.2 Å². The SMILES string of the molecule is CC(C)OC(=O)[C@@H](C)NP(=O)(Cl)Oc1ccc(CN=[N+]=[N-])cc1.C[C@@]12OC3(CCCC3)O[C@@H]1[C@](CO)(CF)O[C@H]2n1ccc(=O)[nH]c1=O.[N-]=[N+]=NCc1ccc(O)cc1.[N-]=[N+]=NCc1ccc(OP(=O)(Cl)Cl)cc1. The Morgan fingerprint density at radius 2 is 1.34 bits per heavy atom. The summed E-state index contributed by atoms with van der Waals surface area (Å²) in [6, 6.07) is 19.6. The molecule has 1 saturated carbocycles. The summed E-state index contributed by atoms with van der Waals surface area (Å²) in [4.78, 5) is 45.3. The lowest BCUT2D eigenvalue weighted by molar-refractivity contribution is -0.253. The molecule has 0 amide bonds. The highest BCUT2D eigenvalue weighted by Crippen LogP contribution is 2.59. The van der Waals surface area contributed by atoms with E-state index in [-0.39, 0.29) is 30.7 Å². The maximum Gasteiger partial charge on any atom is 0.428 e. The zero-order chi connectivity index (χ0) is 54.7. The van der Waals surface area contributed by atoms with Gasteiger partial charge in [0.2, 0.25) is 0 Å². The molecule has 1 spiro atoms. The van der Waals surface area contributed by atoms with Crippen LogP contribution < -0.4 is 25.4 Å². The largest absolute Gasteiger partial charge is 0.508 e. The minimum Gasteiger partial charge on any atom is -0.508 e. The van der Waals surface area contributed by atoms with Crippen molar-refractivity contribution in [2.45, 2.75) is 114 Å². The lowest BCUT2D eigenvalue weighted by Crippen LogP contribution is -2.51. The van der Waals surface area contributed by atoms with Crippen molar-refractivity contribution >= 4 is 52.6 Å². The Morgan fingerprint density at radius 1 is 0.851 bits per heavy atom. The summed E-state index contributed by atoms with van der Waals surface area (Å²) < 4.78 is 71.2. The van der Waals surface area contributed by atoms with Gasteiger partial charge < -0.3 is 38.2 Å². The van der Waals surface area contributed by atoms with Crippen LogP contribution in [-0.4, -0.2) is 74.3 Å². The van der Waals surface area contributed by atoms with Gasteiger partial charge in [0, 0.05) is 73.6 Å². The standard InChI is InChI=1S/C16H21FN2O6.C13H18ClN4O4P.C7H6Cl2N3O2P.C7H7N3O/c1-14-11(23-16(25-14)5-2-3-6-16)15(8-17,9-20)24-12(14)19-7-4-10(21)18-13(19)22;1-9(2)21-13(19)10(3)17-23(14,20)22-12-6-4-11(5-7-12)8-16-18-15;8-15(9,13)14-7-3-1-6(2-4-7)5-11-12-10;8-10-9-5-6-1-3-7(11)4-2-6/h4,7,11-12,20H,2-3,5-6,8-9H2,1H3,(H,18,21,22);4-7,9-10H,8H2,1-3H3,(H,17,20);1-4H,5H2;1-4,11H,5H2/t11-,12+,14+,15+;10-,23?;;/m01../s1. The van der Waals surface area contributed by atoms with Gasteiger partial charge in [0.1, 0.15) is 41.7 Å². The molecule has 0 radical (unpaired) electrons. The molecule has 3 aromatic carbocycles. The Balaban J connectivity index is 0.000000223. The number of aliphatic hydroxyl groups excluding tert-OH is 1. The number of ether oxygens (including phenoxy) is 4. The Morgan fingerprint density at radius 3 is 1.77 bits per heavy atom. The molecule has 3 aliphatic rings. The van der Waals surface area contributed by atoms with Crippen molar-refractivity contribution in [2.24, 2.45) is 15.3 Å². The van der Waals surface area contributed by atoms with Gasteiger partial charge in [-0.25, -0.2) is 23.4 Å². The molecular formula is C43H52Cl3FN12O13P2. The number of carbonyl (C=O) groups excluding carboxylic acids is 1. The Hall–Kier alpha value is -5.80. The number of aromatic nitrogens is 2. The number of alkyl halides is 1. The number of rotatable bonds is 17. The van der Waals surface area contributed by atoms with Gasteiger partial charge in [0.15, 0.2) is 17.6 Å². The van der Waals surface area contributed by atoms with Crippen LogP contribution in [0.15, 0.2) is 110 Å². The summed E-state index contributed by atoms with van der Waals surface area (Å²) in [6.45, 7) is 2.00. The summed E-state index contributed by atoms with van der Waals surface area (Å²) in [6.07, 6.45) is -1.30. The van der Waals surface area contributed by atoms with Crippen LogP contribution in [0.5, 0.6) is 17.2 Å². The number of nitrogens with one attached hydrogen (secondary N) is 2. The molecule has 3 heterocycles. The predicted molar refractivity (Wildman–Crippen MR) is 270 cm³/mol. The van der Waals surface area contributed by atoms with E-state index < -0.39 is 78.8 Å². The van der Waals surface area contributed by atoms with E-state index in [0.29, 0.717) is 25.1 Å². The summed E-state index contributed by atoms with van der Waals surface area (Å²) in [5.74, 6) is -0.648. The highest BCUT2D eigenvalue weighted by Gasteiger charge is 2.72.